The third-order valence-corrected chi connectivity index (χ3v) is 5.40. The van der Waals surface area contributed by atoms with Gasteiger partial charge in [0.1, 0.15) is 0 Å². The van der Waals surface area contributed by atoms with Crippen LogP contribution in [0.4, 0.5) is 0 Å². The lowest BCUT2D eigenvalue weighted by Gasteiger charge is -2.37. The molecule has 0 bridgehead atoms. The third kappa shape index (κ3) is 4.31. The molecule has 0 radical (unpaired) electrons. The summed E-state index contributed by atoms with van der Waals surface area (Å²) >= 11 is 0. The van der Waals surface area contributed by atoms with Crippen molar-refractivity contribution < 1.29 is 0 Å². The number of nitrogens with zero attached hydrogens (tertiary/aromatic N) is 1. The number of hydrogen-bond donors (Lipinski definition) is 1. The molecule has 0 spiro atoms. The summed E-state index contributed by atoms with van der Waals surface area (Å²) in [5, 5.41) is 3.97. The fourth-order valence-corrected chi connectivity index (χ4v) is 3.97. The number of piperidine rings is 1. The van der Waals surface area contributed by atoms with E-state index in [-0.39, 0.29) is 0 Å². The van der Waals surface area contributed by atoms with Gasteiger partial charge in [-0.25, -0.2) is 0 Å². The van der Waals surface area contributed by atoms with E-state index in [0.29, 0.717) is 0 Å². The number of nitrogens with one attached hydrogen (secondary N) is 1. The van der Waals surface area contributed by atoms with E-state index in [1.807, 2.05) is 0 Å². The van der Waals surface area contributed by atoms with Gasteiger partial charge in [0.2, 0.25) is 0 Å². The molecule has 0 amide bonds. The standard InChI is InChI=1S/C19H30N2/c1-16-7-5-6-10-19(16)20-18-11-13-21(14-12-18)15-17-8-3-2-4-9-17/h2-4,8-9,16,18-20H,5-7,10-15H2,1H3/t16-,19-/m1/s1. The highest BCUT2D eigenvalue weighted by atomic mass is 15.1. The summed E-state index contributed by atoms with van der Waals surface area (Å²) < 4.78 is 0. The van der Waals surface area contributed by atoms with Crippen LogP contribution in [0.25, 0.3) is 0 Å². The van der Waals surface area contributed by atoms with Crippen molar-refractivity contribution in [2.75, 3.05) is 13.1 Å². The van der Waals surface area contributed by atoms with Crippen LogP contribution < -0.4 is 5.32 Å². The largest absolute Gasteiger partial charge is 0.311 e. The summed E-state index contributed by atoms with van der Waals surface area (Å²) in [6, 6.07) is 12.4. The molecule has 3 rings (SSSR count). The lowest BCUT2D eigenvalue weighted by atomic mass is 9.85. The molecule has 2 nitrogen and oxygen atoms in total. The maximum atomic E-state index is 3.97. The maximum Gasteiger partial charge on any atom is 0.0233 e. The van der Waals surface area contributed by atoms with E-state index in [1.165, 1.54) is 57.2 Å². The Morgan fingerprint density at radius 3 is 2.43 bits per heavy atom. The van der Waals surface area contributed by atoms with E-state index in [9.17, 15) is 0 Å². The Labute approximate surface area is 129 Å². The zero-order valence-corrected chi connectivity index (χ0v) is 13.4. The van der Waals surface area contributed by atoms with Crippen LogP contribution in [0.3, 0.4) is 0 Å². The first-order valence-electron chi connectivity index (χ1n) is 8.83. The van der Waals surface area contributed by atoms with Crippen LogP contribution in [0.1, 0.15) is 51.0 Å². The van der Waals surface area contributed by atoms with Gasteiger partial charge in [0, 0.05) is 18.6 Å². The fourth-order valence-electron chi connectivity index (χ4n) is 3.97. The Bertz CT molecular complexity index is 409. The van der Waals surface area contributed by atoms with Crippen molar-refractivity contribution in [1.29, 1.82) is 0 Å². The second-order valence-electron chi connectivity index (χ2n) is 7.07. The Balaban J connectivity index is 1.42. The normalized spacial score (nSPS) is 28.6. The van der Waals surface area contributed by atoms with Crippen molar-refractivity contribution in [3.8, 4) is 0 Å². The molecule has 0 unspecified atom stereocenters. The summed E-state index contributed by atoms with van der Waals surface area (Å²) in [4.78, 5) is 2.61. The van der Waals surface area contributed by atoms with Gasteiger partial charge in [-0.15, -0.1) is 0 Å². The minimum atomic E-state index is 0.752. The fraction of sp³-hybridized carbons (Fsp3) is 0.684. The van der Waals surface area contributed by atoms with E-state index in [1.54, 1.807) is 0 Å². The molecular weight excluding hydrogens is 256 g/mol. The summed E-state index contributed by atoms with van der Waals surface area (Å²) in [7, 11) is 0. The van der Waals surface area contributed by atoms with Gasteiger partial charge >= 0.3 is 0 Å². The molecular formula is C19H30N2. The first-order valence-corrected chi connectivity index (χ1v) is 8.83. The van der Waals surface area contributed by atoms with E-state index in [2.05, 4.69) is 47.5 Å². The quantitative estimate of drug-likeness (QED) is 0.905. The third-order valence-electron chi connectivity index (χ3n) is 5.40. The summed E-state index contributed by atoms with van der Waals surface area (Å²) in [5.41, 5.74) is 1.45. The minimum absolute atomic E-state index is 0.752. The Hall–Kier alpha value is -0.860. The Morgan fingerprint density at radius 2 is 1.71 bits per heavy atom. The molecule has 1 aliphatic carbocycles. The van der Waals surface area contributed by atoms with Crippen LogP contribution in [0.5, 0.6) is 0 Å². The van der Waals surface area contributed by atoms with Crippen molar-refractivity contribution in [2.24, 2.45) is 5.92 Å². The first kappa shape index (κ1) is 15.1. The second kappa shape index (κ2) is 7.42. The highest BCUT2D eigenvalue weighted by Gasteiger charge is 2.26. The number of hydrogen-bond acceptors (Lipinski definition) is 2. The Kier molecular flexibility index (Phi) is 5.32. The predicted molar refractivity (Wildman–Crippen MR) is 89.3 cm³/mol. The van der Waals surface area contributed by atoms with Crippen LogP contribution in [0.2, 0.25) is 0 Å². The zero-order chi connectivity index (χ0) is 14.5. The smallest absolute Gasteiger partial charge is 0.0233 e. The first-order chi connectivity index (χ1) is 10.3. The monoisotopic (exact) mass is 286 g/mol. The molecule has 116 valence electrons. The molecule has 1 N–H and O–H groups in total. The predicted octanol–water partition coefficient (Wildman–Crippen LogP) is 3.82. The van der Waals surface area contributed by atoms with Crippen molar-refractivity contribution in [3.63, 3.8) is 0 Å². The van der Waals surface area contributed by atoms with Crippen molar-refractivity contribution in [2.45, 2.75) is 64.1 Å². The van der Waals surface area contributed by atoms with Gasteiger partial charge in [-0.2, -0.15) is 0 Å². The average Bonchev–Trinajstić information content (AvgIpc) is 2.52. The van der Waals surface area contributed by atoms with Crippen LogP contribution >= 0.6 is 0 Å². The summed E-state index contributed by atoms with van der Waals surface area (Å²) in [6.45, 7) is 6.04. The highest BCUT2D eigenvalue weighted by Crippen LogP contribution is 2.25. The van der Waals surface area contributed by atoms with Crippen molar-refractivity contribution in [1.82, 2.24) is 10.2 Å². The van der Waals surface area contributed by atoms with Gasteiger partial charge in [-0.1, -0.05) is 50.1 Å². The topological polar surface area (TPSA) is 15.3 Å². The van der Waals surface area contributed by atoms with E-state index in [4.69, 9.17) is 0 Å². The molecule has 1 saturated carbocycles. The number of benzene rings is 1. The van der Waals surface area contributed by atoms with Crippen molar-refractivity contribution in [3.05, 3.63) is 35.9 Å². The van der Waals surface area contributed by atoms with Crippen LogP contribution in [0, 0.1) is 5.92 Å². The zero-order valence-electron chi connectivity index (χ0n) is 13.4. The van der Waals surface area contributed by atoms with Gasteiger partial charge in [-0.3, -0.25) is 4.90 Å². The SMILES string of the molecule is C[C@@H]1CCCC[C@H]1NC1CCN(Cc2ccccc2)CC1. The molecule has 1 saturated heterocycles. The Morgan fingerprint density at radius 1 is 1.00 bits per heavy atom. The molecule has 1 aromatic carbocycles. The molecule has 2 aliphatic rings. The number of likely N-dealkylation sites (tertiary alicyclic amines) is 1. The van der Waals surface area contributed by atoms with Gasteiger partial charge in [0.15, 0.2) is 0 Å². The van der Waals surface area contributed by atoms with Crippen molar-refractivity contribution >= 4 is 0 Å². The number of rotatable bonds is 4. The molecule has 0 aromatic heterocycles. The second-order valence-corrected chi connectivity index (χ2v) is 7.07. The molecule has 1 aromatic rings. The average molecular weight is 286 g/mol. The van der Waals surface area contributed by atoms with Gasteiger partial charge in [-0.05, 0) is 50.3 Å². The lowest BCUT2D eigenvalue weighted by molar-refractivity contribution is 0.166. The van der Waals surface area contributed by atoms with Crippen LogP contribution in [-0.4, -0.2) is 30.1 Å². The molecule has 2 heteroatoms. The molecule has 2 atom stereocenters. The summed E-state index contributed by atoms with van der Waals surface area (Å²) in [6.07, 6.45) is 8.31. The summed E-state index contributed by atoms with van der Waals surface area (Å²) in [5.74, 6) is 0.876. The molecule has 21 heavy (non-hydrogen) atoms. The molecule has 1 aliphatic heterocycles. The molecule has 2 fully saturated rings. The van der Waals surface area contributed by atoms with Gasteiger partial charge in [0.25, 0.3) is 0 Å². The van der Waals surface area contributed by atoms with Crippen LogP contribution in [-0.2, 0) is 6.54 Å². The van der Waals surface area contributed by atoms with Gasteiger partial charge < -0.3 is 5.32 Å². The van der Waals surface area contributed by atoms with E-state index < -0.39 is 0 Å². The van der Waals surface area contributed by atoms with E-state index in [0.717, 1.165) is 24.5 Å². The molecule has 1 heterocycles. The highest BCUT2D eigenvalue weighted by molar-refractivity contribution is 5.14. The lowest BCUT2D eigenvalue weighted by Crippen LogP contribution is -2.48. The minimum Gasteiger partial charge on any atom is -0.311 e. The van der Waals surface area contributed by atoms with E-state index >= 15 is 0 Å². The maximum absolute atomic E-state index is 3.97. The van der Waals surface area contributed by atoms with Crippen LogP contribution in [0.15, 0.2) is 30.3 Å². The van der Waals surface area contributed by atoms with Gasteiger partial charge in [0.05, 0.1) is 0 Å².